The van der Waals surface area contributed by atoms with Crippen molar-refractivity contribution >= 4 is 29.3 Å². The number of rotatable bonds is 6. The molecule has 1 aliphatic rings. The molecule has 28 heavy (non-hydrogen) atoms. The quantitative estimate of drug-likeness (QED) is 0.784. The second-order valence-corrected chi connectivity index (χ2v) is 6.97. The largest absolute Gasteiger partial charge is 0.479 e. The van der Waals surface area contributed by atoms with E-state index in [9.17, 15) is 9.59 Å². The molecule has 0 fully saturated rings. The van der Waals surface area contributed by atoms with Gasteiger partial charge in [-0.25, -0.2) is 0 Å². The van der Waals surface area contributed by atoms with Gasteiger partial charge in [0.15, 0.2) is 6.10 Å². The number of amides is 2. The normalized spacial score (nSPS) is 16.2. The average Bonchev–Trinajstić information content (AvgIpc) is 2.67. The van der Waals surface area contributed by atoms with Crippen LogP contribution in [0.5, 0.6) is 5.75 Å². The van der Waals surface area contributed by atoms with Crippen molar-refractivity contribution < 1.29 is 14.3 Å². The minimum atomic E-state index is -0.557. The van der Waals surface area contributed by atoms with Gasteiger partial charge in [0, 0.05) is 30.9 Å². The fourth-order valence-electron chi connectivity index (χ4n) is 2.94. The smallest absolute Gasteiger partial charge is 0.267 e. The first-order valence-corrected chi connectivity index (χ1v) is 9.25. The lowest BCUT2D eigenvalue weighted by molar-refractivity contribution is -0.125. The van der Waals surface area contributed by atoms with E-state index in [-0.39, 0.29) is 11.8 Å². The molecule has 2 amide bonds. The van der Waals surface area contributed by atoms with Crippen molar-refractivity contribution in [3.05, 3.63) is 60.2 Å². The highest BCUT2D eigenvalue weighted by atomic mass is 16.5. The summed E-state index contributed by atoms with van der Waals surface area (Å²) in [4.78, 5) is 28.5. The number of nitrogens with zero attached hydrogens (tertiary/aromatic N) is 2. The van der Waals surface area contributed by atoms with Crippen molar-refractivity contribution in [1.29, 1.82) is 0 Å². The molecular formula is C22H25N3O3. The maximum atomic E-state index is 12.5. The van der Waals surface area contributed by atoms with Crippen molar-refractivity contribution in [3.63, 3.8) is 0 Å². The van der Waals surface area contributed by atoms with Gasteiger partial charge < -0.3 is 19.9 Å². The van der Waals surface area contributed by atoms with Gasteiger partial charge in [-0.2, -0.15) is 0 Å². The van der Waals surface area contributed by atoms with E-state index in [1.807, 2.05) is 55.4 Å². The highest BCUT2D eigenvalue weighted by Crippen LogP contribution is 2.36. The van der Waals surface area contributed by atoms with Gasteiger partial charge in [0.2, 0.25) is 5.91 Å². The molecule has 2 aromatic carbocycles. The number of likely N-dealkylation sites (N-methyl/N-ethyl adjacent to an activating group) is 1. The van der Waals surface area contributed by atoms with Crippen LogP contribution < -0.4 is 15.0 Å². The Bertz CT molecular complexity index is 878. The van der Waals surface area contributed by atoms with E-state index in [2.05, 4.69) is 5.32 Å². The molecule has 1 heterocycles. The molecule has 1 atom stereocenters. The Kier molecular flexibility index (Phi) is 6.11. The van der Waals surface area contributed by atoms with Crippen LogP contribution in [0.3, 0.4) is 0 Å². The Hall–Kier alpha value is -3.12. The Balaban J connectivity index is 1.73. The van der Waals surface area contributed by atoms with Gasteiger partial charge in [-0.15, -0.1) is 0 Å². The highest BCUT2D eigenvalue weighted by Gasteiger charge is 2.31. The van der Waals surface area contributed by atoms with Crippen LogP contribution in [-0.2, 0) is 9.59 Å². The van der Waals surface area contributed by atoms with Crippen LogP contribution in [0.4, 0.5) is 11.4 Å². The SMILES string of the molecule is CC1Oc2cc(NC(=O)/C=C/c3ccccc3)ccc2N(CCN(C)C)C1=O. The monoisotopic (exact) mass is 379 g/mol. The van der Waals surface area contributed by atoms with Gasteiger partial charge >= 0.3 is 0 Å². The van der Waals surface area contributed by atoms with Gasteiger partial charge in [-0.3, -0.25) is 9.59 Å². The van der Waals surface area contributed by atoms with Gasteiger partial charge in [-0.1, -0.05) is 30.3 Å². The van der Waals surface area contributed by atoms with Gasteiger partial charge in [0.25, 0.3) is 5.91 Å². The minimum Gasteiger partial charge on any atom is -0.479 e. The van der Waals surface area contributed by atoms with Gasteiger partial charge in [-0.05, 0) is 44.8 Å². The lowest BCUT2D eigenvalue weighted by atomic mass is 10.1. The highest BCUT2D eigenvalue weighted by molar-refractivity contribution is 6.03. The van der Waals surface area contributed by atoms with Gasteiger partial charge in [0.05, 0.1) is 5.69 Å². The van der Waals surface area contributed by atoms with Crippen molar-refractivity contribution in [2.75, 3.05) is 37.4 Å². The summed E-state index contributed by atoms with van der Waals surface area (Å²) in [6.07, 6.45) is 2.69. The predicted molar refractivity (Wildman–Crippen MR) is 112 cm³/mol. The fourth-order valence-corrected chi connectivity index (χ4v) is 2.94. The summed E-state index contributed by atoms with van der Waals surface area (Å²) in [6.45, 7) is 3.07. The molecule has 1 unspecified atom stereocenters. The second kappa shape index (κ2) is 8.71. The third kappa shape index (κ3) is 4.78. The van der Waals surface area contributed by atoms with Crippen LogP contribution in [-0.4, -0.2) is 50.0 Å². The number of nitrogens with one attached hydrogen (secondary N) is 1. The van der Waals surface area contributed by atoms with Crippen molar-refractivity contribution in [2.24, 2.45) is 0 Å². The zero-order valence-electron chi connectivity index (χ0n) is 16.4. The number of carbonyl (C=O) groups is 2. The lowest BCUT2D eigenvalue weighted by Gasteiger charge is -2.34. The number of benzene rings is 2. The molecule has 6 nitrogen and oxygen atoms in total. The molecule has 0 radical (unpaired) electrons. The summed E-state index contributed by atoms with van der Waals surface area (Å²) >= 11 is 0. The third-order valence-corrected chi connectivity index (χ3v) is 4.43. The molecule has 2 aromatic rings. The Morgan fingerprint density at radius 1 is 1.21 bits per heavy atom. The molecule has 0 spiro atoms. The molecule has 146 valence electrons. The zero-order chi connectivity index (χ0) is 20.1. The van der Waals surface area contributed by atoms with Gasteiger partial charge in [0.1, 0.15) is 5.75 Å². The maximum absolute atomic E-state index is 12.5. The van der Waals surface area contributed by atoms with E-state index in [0.29, 0.717) is 18.0 Å². The van der Waals surface area contributed by atoms with Crippen LogP contribution in [0.15, 0.2) is 54.6 Å². The number of carbonyl (C=O) groups excluding carboxylic acids is 2. The summed E-state index contributed by atoms with van der Waals surface area (Å²) in [5, 5.41) is 2.84. The first-order valence-electron chi connectivity index (χ1n) is 9.25. The van der Waals surface area contributed by atoms with Crippen LogP contribution >= 0.6 is 0 Å². The van der Waals surface area contributed by atoms with Crippen LogP contribution in [0.1, 0.15) is 12.5 Å². The fraction of sp³-hybridized carbons (Fsp3) is 0.273. The summed E-state index contributed by atoms with van der Waals surface area (Å²) in [5.74, 6) is 0.306. The van der Waals surface area contributed by atoms with E-state index < -0.39 is 6.10 Å². The maximum Gasteiger partial charge on any atom is 0.267 e. The number of hydrogen-bond acceptors (Lipinski definition) is 4. The Labute approximate surface area is 165 Å². The molecular weight excluding hydrogens is 354 g/mol. The average molecular weight is 379 g/mol. The third-order valence-electron chi connectivity index (χ3n) is 4.43. The summed E-state index contributed by atoms with van der Waals surface area (Å²) < 4.78 is 5.76. The number of hydrogen-bond donors (Lipinski definition) is 1. The van der Waals surface area contributed by atoms with E-state index in [0.717, 1.165) is 17.8 Å². The van der Waals surface area contributed by atoms with E-state index in [1.165, 1.54) is 6.08 Å². The lowest BCUT2D eigenvalue weighted by Crippen LogP contribution is -2.46. The van der Waals surface area contributed by atoms with Crippen molar-refractivity contribution in [3.8, 4) is 5.75 Å². The molecule has 3 rings (SSSR count). The number of ether oxygens (including phenoxy) is 1. The van der Waals surface area contributed by atoms with Crippen LogP contribution in [0, 0.1) is 0 Å². The number of anilines is 2. The van der Waals surface area contributed by atoms with E-state index in [1.54, 1.807) is 30.0 Å². The van der Waals surface area contributed by atoms with E-state index in [4.69, 9.17) is 4.74 Å². The molecule has 0 bridgehead atoms. The molecule has 0 aliphatic carbocycles. The van der Waals surface area contributed by atoms with Crippen molar-refractivity contribution in [2.45, 2.75) is 13.0 Å². The summed E-state index contributed by atoms with van der Waals surface area (Å²) in [5.41, 5.74) is 2.30. The molecule has 0 saturated heterocycles. The standard InChI is InChI=1S/C22H25N3O3/c1-16-22(27)25(14-13-24(2)3)19-11-10-18(15-20(19)28-16)23-21(26)12-9-17-7-5-4-6-8-17/h4-12,15-16H,13-14H2,1-3H3,(H,23,26)/b12-9+. The molecule has 6 heteroatoms. The topological polar surface area (TPSA) is 61.9 Å². The number of fused-ring (bicyclic) bond motifs is 1. The summed E-state index contributed by atoms with van der Waals surface area (Å²) in [7, 11) is 3.94. The Morgan fingerprint density at radius 2 is 1.96 bits per heavy atom. The second-order valence-electron chi connectivity index (χ2n) is 6.97. The zero-order valence-corrected chi connectivity index (χ0v) is 16.4. The predicted octanol–water partition coefficient (Wildman–Crippen LogP) is 3.01. The van der Waals surface area contributed by atoms with Crippen molar-refractivity contribution in [1.82, 2.24) is 4.90 Å². The Morgan fingerprint density at radius 3 is 2.68 bits per heavy atom. The van der Waals surface area contributed by atoms with Crippen LogP contribution in [0.2, 0.25) is 0 Å². The minimum absolute atomic E-state index is 0.0584. The molecule has 0 aromatic heterocycles. The van der Waals surface area contributed by atoms with Crippen LogP contribution in [0.25, 0.3) is 6.08 Å². The first-order chi connectivity index (χ1) is 13.4. The first kappa shape index (κ1) is 19.6. The molecule has 1 aliphatic heterocycles. The van der Waals surface area contributed by atoms with E-state index >= 15 is 0 Å². The molecule has 0 saturated carbocycles. The molecule has 1 N–H and O–H groups in total. The summed E-state index contributed by atoms with van der Waals surface area (Å²) in [6, 6.07) is 15.0.